The molecular formula is C5H8N2. The molecule has 0 spiro atoms. The molecule has 0 aromatic heterocycles. The molecule has 1 aliphatic rings. The van der Waals surface area contributed by atoms with Gasteiger partial charge >= 0.3 is 0 Å². The van der Waals surface area contributed by atoms with Crippen molar-refractivity contribution in [3.8, 4) is 0 Å². The smallest absolute Gasteiger partial charge is 0.115 e. The van der Waals surface area contributed by atoms with Crippen molar-refractivity contribution in [1.82, 2.24) is 5.32 Å². The third kappa shape index (κ3) is 0.796. The third-order valence-corrected chi connectivity index (χ3v) is 0.848. The minimum Gasteiger partial charge on any atom is -0.363 e. The van der Waals surface area contributed by atoms with E-state index in [9.17, 15) is 0 Å². The van der Waals surface area contributed by atoms with E-state index in [0.717, 1.165) is 5.70 Å². The standard InChI is InChI=1S/C5H8N2/c1-4-3-6-5(2)7-4/h3,5,7H,1H2,2H3. The molecular weight excluding hydrogens is 88.1 g/mol. The van der Waals surface area contributed by atoms with Gasteiger partial charge in [0.25, 0.3) is 0 Å². The van der Waals surface area contributed by atoms with E-state index in [-0.39, 0.29) is 6.17 Å². The second kappa shape index (κ2) is 1.37. The molecule has 1 aliphatic heterocycles. The molecule has 1 unspecified atom stereocenters. The zero-order chi connectivity index (χ0) is 5.28. The van der Waals surface area contributed by atoms with Gasteiger partial charge in [0, 0.05) is 11.9 Å². The van der Waals surface area contributed by atoms with Gasteiger partial charge in [0.2, 0.25) is 0 Å². The van der Waals surface area contributed by atoms with Gasteiger partial charge in [-0.2, -0.15) is 0 Å². The largest absolute Gasteiger partial charge is 0.363 e. The summed E-state index contributed by atoms with van der Waals surface area (Å²) in [4.78, 5) is 3.98. The molecule has 0 fully saturated rings. The van der Waals surface area contributed by atoms with E-state index in [0.29, 0.717) is 0 Å². The molecule has 38 valence electrons. The van der Waals surface area contributed by atoms with Gasteiger partial charge in [0.15, 0.2) is 0 Å². The van der Waals surface area contributed by atoms with Gasteiger partial charge in [-0.15, -0.1) is 0 Å². The van der Waals surface area contributed by atoms with Crippen molar-refractivity contribution in [2.45, 2.75) is 13.1 Å². The lowest BCUT2D eigenvalue weighted by Crippen LogP contribution is -2.15. The Labute approximate surface area is 42.9 Å². The molecule has 2 heteroatoms. The molecule has 2 nitrogen and oxygen atoms in total. The zero-order valence-electron chi connectivity index (χ0n) is 4.31. The Kier molecular flexibility index (Phi) is 0.855. The number of nitrogens with zero attached hydrogens (tertiary/aromatic N) is 1. The molecule has 0 aliphatic carbocycles. The number of hydrogen-bond donors (Lipinski definition) is 1. The molecule has 0 aromatic carbocycles. The van der Waals surface area contributed by atoms with Crippen LogP contribution in [0.1, 0.15) is 6.92 Å². The van der Waals surface area contributed by atoms with Gasteiger partial charge in [-0.25, -0.2) is 0 Å². The number of aliphatic imine (C=N–C) groups is 1. The highest BCUT2D eigenvalue weighted by atomic mass is 15.1. The lowest BCUT2D eigenvalue weighted by Gasteiger charge is -1.97. The first-order chi connectivity index (χ1) is 3.29. The highest BCUT2D eigenvalue weighted by molar-refractivity contribution is 5.78. The Balaban J connectivity index is 2.58. The number of hydrogen-bond acceptors (Lipinski definition) is 2. The van der Waals surface area contributed by atoms with E-state index in [1.54, 1.807) is 6.21 Å². The first kappa shape index (κ1) is 4.37. The van der Waals surface area contributed by atoms with Crippen LogP contribution < -0.4 is 5.32 Å². The molecule has 1 rings (SSSR count). The van der Waals surface area contributed by atoms with Crippen LogP contribution in [0.15, 0.2) is 17.3 Å². The molecule has 0 radical (unpaired) electrons. The summed E-state index contributed by atoms with van der Waals surface area (Å²) in [5.74, 6) is 0. The van der Waals surface area contributed by atoms with Gasteiger partial charge in [-0.1, -0.05) is 6.58 Å². The van der Waals surface area contributed by atoms with Crippen LogP contribution in [-0.4, -0.2) is 12.4 Å². The predicted molar refractivity (Wildman–Crippen MR) is 30.2 cm³/mol. The summed E-state index contributed by atoms with van der Waals surface area (Å²) in [5.41, 5.74) is 0.910. The van der Waals surface area contributed by atoms with E-state index in [1.807, 2.05) is 6.92 Å². The Bertz CT molecular complexity index is 115. The van der Waals surface area contributed by atoms with E-state index in [2.05, 4.69) is 16.9 Å². The maximum Gasteiger partial charge on any atom is 0.115 e. The van der Waals surface area contributed by atoms with Gasteiger partial charge in [-0.05, 0) is 6.92 Å². The zero-order valence-corrected chi connectivity index (χ0v) is 4.31. The Morgan fingerprint density at radius 1 is 2.00 bits per heavy atom. The molecule has 0 saturated heterocycles. The van der Waals surface area contributed by atoms with Crippen LogP contribution in [0, 0.1) is 0 Å². The van der Waals surface area contributed by atoms with Crippen molar-refractivity contribution in [1.29, 1.82) is 0 Å². The summed E-state index contributed by atoms with van der Waals surface area (Å²) in [6, 6.07) is 0. The quantitative estimate of drug-likeness (QED) is 0.467. The maximum atomic E-state index is 3.98. The van der Waals surface area contributed by atoms with Crippen molar-refractivity contribution < 1.29 is 0 Å². The van der Waals surface area contributed by atoms with Crippen molar-refractivity contribution in [2.24, 2.45) is 4.99 Å². The van der Waals surface area contributed by atoms with Crippen LogP contribution >= 0.6 is 0 Å². The van der Waals surface area contributed by atoms with Crippen LogP contribution in [0.5, 0.6) is 0 Å². The Morgan fingerprint density at radius 2 is 2.71 bits per heavy atom. The second-order valence-corrected chi connectivity index (χ2v) is 1.62. The molecule has 0 aromatic rings. The summed E-state index contributed by atoms with van der Waals surface area (Å²) in [6.07, 6.45) is 1.98. The maximum absolute atomic E-state index is 3.98. The van der Waals surface area contributed by atoms with Gasteiger partial charge in [-0.3, -0.25) is 4.99 Å². The van der Waals surface area contributed by atoms with Crippen LogP contribution in [-0.2, 0) is 0 Å². The van der Waals surface area contributed by atoms with Crippen molar-refractivity contribution >= 4 is 6.21 Å². The van der Waals surface area contributed by atoms with Gasteiger partial charge < -0.3 is 5.32 Å². The summed E-state index contributed by atoms with van der Waals surface area (Å²) in [7, 11) is 0. The summed E-state index contributed by atoms with van der Waals surface area (Å²) < 4.78 is 0. The SMILES string of the molecule is C=C1C=NC(C)N1. The van der Waals surface area contributed by atoms with E-state index < -0.39 is 0 Å². The highest BCUT2D eigenvalue weighted by Gasteiger charge is 2.01. The lowest BCUT2D eigenvalue weighted by molar-refractivity contribution is 0.694. The average molecular weight is 96.1 g/mol. The van der Waals surface area contributed by atoms with Crippen molar-refractivity contribution in [3.63, 3.8) is 0 Å². The number of allylic oxidation sites excluding steroid dienone is 1. The number of nitrogens with one attached hydrogen (secondary N) is 1. The monoisotopic (exact) mass is 96.1 g/mol. The fourth-order valence-electron chi connectivity index (χ4n) is 0.545. The molecule has 1 N–H and O–H groups in total. The van der Waals surface area contributed by atoms with Crippen LogP contribution in [0.3, 0.4) is 0 Å². The summed E-state index contributed by atoms with van der Waals surface area (Å²) in [5, 5.41) is 3.00. The van der Waals surface area contributed by atoms with Crippen LogP contribution in [0.2, 0.25) is 0 Å². The molecule has 1 heterocycles. The topological polar surface area (TPSA) is 24.4 Å². The van der Waals surface area contributed by atoms with Gasteiger partial charge in [0.05, 0.1) is 0 Å². The fraction of sp³-hybridized carbons (Fsp3) is 0.400. The fourth-order valence-corrected chi connectivity index (χ4v) is 0.545. The first-order valence-corrected chi connectivity index (χ1v) is 2.27. The van der Waals surface area contributed by atoms with Crippen molar-refractivity contribution in [2.75, 3.05) is 0 Å². The Hall–Kier alpha value is -0.790. The molecule has 0 amide bonds. The van der Waals surface area contributed by atoms with E-state index >= 15 is 0 Å². The molecule has 7 heavy (non-hydrogen) atoms. The third-order valence-electron chi connectivity index (χ3n) is 0.848. The normalized spacial score (nSPS) is 28.1. The minimum absolute atomic E-state index is 0.243. The summed E-state index contributed by atoms with van der Waals surface area (Å²) >= 11 is 0. The lowest BCUT2D eigenvalue weighted by atomic mass is 10.5. The van der Waals surface area contributed by atoms with Crippen molar-refractivity contribution in [3.05, 3.63) is 12.3 Å². The minimum atomic E-state index is 0.243. The molecule has 0 bridgehead atoms. The highest BCUT2D eigenvalue weighted by Crippen LogP contribution is 1.94. The summed E-state index contributed by atoms with van der Waals surface area (Å²) in [6.45, 7) is 5.62. The Morgan fingerprint density at radius 3 is 2.86 bits per heavy atom. The molecule has 1 atom stereocenters. The second-order valence-electron chi connectivity index (χ2n) is 1.62. The predicted octanol–water partition coefficient (Wildman–Crippen LogP) is 0.520. The average Bonchev–Trinajstić information content (AvgIpc) is 1.87. The number of rotatable bonds is 0. The van der Waals surface area contributed by atoms with E-state index in [1.165, 1.54) is 0 Å². The van der Waals surface area contributed by atoms with Crippen LogP contribution in [0.25, 0.3) is 0 Å². The van der Waals surface area contributed by atoms with Gasteiger partial charge in [0.1, 0.15) is 6.17 Å². The van der Waals surface area contributed by atoms with Crippen LogP contribution in [0.4, 0.5) is 0 Å². The molecule has 0 saturated carbocycles. The van der Waals surface area contributed by atoms with E-state index in [4.69, 9.17) is 0 Å². The first-order valence-electron chi connectivity index (χ1n) is 2.27.